The second-order valence-electron chi connectivity index (χ2n) is 5.78. The van der Waals surface area contributed by atoms with Crippen LogP contribution in [0.15, 0.2) is 42.5 Å². The number of carbonyl (C=O) groups is 1. The van der Waals surface area contributed by atoms with E-state index in [9.17, 15) is 9.18 Å². The molecule has 0 fully saturated rings. The monoisotopic (exact) mass is 386 g/mol. The number of amides is 1. The van der Waals surface area contributed by atoms with Crippen molar-refractivity contribution < 1.29 is 18.7 Å². The minimum atomic E-state index is -0.358. The molecule has 1 heterocycles. The third-order valence-electron chi connectivity index (χ3n) is 4.02. The molecular formula is C20H19FN2O3S. The molecule has 0 atom stereocenters. The van der Waals surface area contributed by atoms with Crippen molar-refractivity contribution >= 4 is 17.2 Å². The van der Waals surface area contributed by atoms with Gasteiger partial charge in [-0.3, -0.25) is 4.79 Å². The second-order valence-corrected chi connectivity index (χ2v) is 6.98. The van der Waals surface area contributed by atoms with Crippen molar-refractivity contribution in [1.29, 1.82) is 0 Å². The Morgan fingerprint density at radius 1 is 1.15 bits per heavy atom. The second kappa shape index (κ2) is 8.18. The molecule has 0 bridgehead atoms. The van der Waals surface area contributed by atoms with E-state index in [1.165, 1.54) is 17.4 Å². The number of nitrogens with one attached hydrogen (secondary N) is 1. The highest BCUT2D eigenvalue weighted by Gasteiger charge is 2.18. The minimum Gasteiger partial charge on any atom is -0.493 e. The molecule has 1 aromatic heterocycles. The first-order valence-electron chi connectivity index (χ1n) is 8.25. The van der Waals surface area contributed by atoms with Gasteiger partial charge in [0.2, 0.25) is 0 Å². The quantitative estimate of drug-likeness (QED) is 0.690. The maximum Gasteiger partial charge on any atom is 0.271 e. The van der Waals surface area contributed by atoms with Crippen molar-refractivity contribution in [3.8, 4) is 22.1 Å². The van der Waals surface area contributed by atoms with Crippen molar-refractivity contribution in [3.05, 3.63) is 64.4 Å². The molecule has 3 rings (SSSR count). The predicted octanol–water partition coefficient (Wildman–Crippen LogP) is 4.20. The summed E-state index contributed by atoms with van der Waals surface area (Å²) in [5, 5.41) is 3.33. The highest BCUT2D eigenvalue weighted by atomic mass is 32.1. The lowest BCUT2D eigenvalue weighted by Crippen LogP contribution is -2.23. The lowest BCUT2D eigenvalue weighted by Gasteiger charge is -2.10. The van der Waals surface area contributed by atoms with E-state index >= 15 is 0 Å². The number of carbonyl (C=O) groups excluding carboxylic acids is 1. The topological polar surface area (TPSA) is 60.5 Å². The van der Waals surface area contributed by atoms with E-state index in [-0.39, 0.29) is 11.7 Å². The molecule has 2 aromatic carbocycles. The molecule has 0 aliphatic carbocycles. The van der Waals surface area contributed by atoms with Gasteiger partial charge in [0.15, 0.2) is 11.5 Å². The molecule has 140 valence electrons. The Hall–Kier alpha value is -2.93. The zero-order chi connectivity index (χ0) is 19.4. The van der Waals surface area contributed by atoms with Crippen LogP contribution in [0.4, 0.5) is 4.39 Å². The number of rotatable bonds is 6. The van der Waals surface area contributed by atoms with Crippen LogP contribution in [0.3, 0.4) is 0 Å². The summed E-state index contributed by atoms with van der Waals surface area (Å²) in [7, 11) is 3.13. The van der Waals surface area contributed by atoms with Gasteiger partial charge in [0.25, 0.3) is 5.91 Å². The summed E-state index contributed by atoms with van der Waals surface area (Å²) in [6.07, 6.45) is 0. The molecule has 27 heavy (non-hydrogen) atoms. The largest absolute Gasteiger partial charge is 0.493 e. The van der Waals surface area contributed by atoms with Gasteiger partial charge in [0.1, 0.15) is 16.5 Å². The van der Waals surface area contributed by atoms with Gasteiger partial charge in [-0.15, -0.1) is 11.3 Å². The first kappa shape index (κ1) is 18.8. The standard InChI is InChI=1S/C20H19FN2O3S/c1-12-18(23-20(27-12)14-6-4-5-7-15(14)21)19(24)22-11-13-8-9-16(25-2)17(10-13)26-3/h4-10H,11H2,1-3H3,(H,22,24). The van der Waals surface area contributed by atoms with Crippen molar-refractivity contribution in [2.24, 2.45) is 0 Å². The van der Waals surface area contributed by atoms with Crippen molar-refractivity contribution in [2.75, 3.05) is 14.2 Å². The third kappa shape index (κ3) is 4.09. The smallest absolute Gasteiger partial charge is 0.271 e. The number of hydrogen-bond acceptors (Lipinski definition) is 5. The Morgan fingerprint density at radius 2 is 1.89 bits per heavy atom. The molecule has 1 amide bonds. The molecule has 0 unspecified atom stereocenters. The number of ether oxygens (including phenoxy) is 2. The molecule has 0 aliphatic rings. The number of aryl methyl sites for hydroxylation is 1. The third-order valence-corrected chi connectivity index (χ3v) is 5.02. The van der Waals surface area contributed by atoms with E-state index in [4.69, 9.17) is 9.47 Å². The van der Waals surface area contributed by atoms with Crippen molar-refractivity contribution in [2.45, 2.75) is 13.5 Å². The van der Waals surface area contributed by atoms with Crippen LogP contribution in [0.2, 0.25) is 0 Å². The van der Waals surface area contributed by atoms with E-state index in [0.29, 0.717) is 34.3 Å². The zero-order valence-electron chi connectivity index (χ0n) is 15.2. The fourth-order valence-electron chi connectivity index (χ4n) is 2.61. The number of benzene rings is 2. The highest BCUT2D eigenvalue weighted by Crippen LogP contribution is 2.30. The first-order valence-corrected chi connectivity index (χ1v) is 9.06. The van der Waals surface area contributed by atoms with Crippen LogP contribution < -0.4 is 14.8 Å². The SMILES string of the molecule is COc1ccc(CNC(=O)c2nc(-c3ccccc3F)sc2C)cc1OC. The molecule has 1 N–H and O–H groups in total. The lowest BCUT2D eigenvalue weighted by molar-refractivity contribution is 0.0946. The van der Waals surface area contributed by atoms with Crippen LogP contribution >= 0.6 is 11.3 Å². The Morgan fingerprint density at radius 3 is 2.59 bits per heavy atom. The number of aromatic nitrogens is 1. The van der Waals surface area contributed by atoms with Gasteiger partial charge >= 0.3 is 0 Å². The molecular weight excluding hydrogens is 367 g/mol. The number of thiazole rings is 1. The molecule has 0 spiro atoms. The first-order chi connectivity index (χ1) is 13.0. The van der Waals surface area contributed by atoms with Crippen LogP contribution in [0, 0.1) is 12.7 Å². The van der Waals surface area contributed by atoms with Crippen LogP contribution in [0.1, 0.15) is 20.9 Å². The molecule has 0 aliphatic heterocycles. The van der Waals surface area contributed by atoms with Crippen LogP contribution in [-0.2, 0) is 6.54 Å². The average Bonchev–Trinajstić information content (AvgIpc) is 3.07. The fraction of sp³-hybridized carbons (Fsp3) is 0.200. The van der Waals surface area contributed by atoms with E-state index < -0.39 is 0 Å². The fourth-order valence-corrected chi connectivity index (χ4v) is 3.55. The number of nitrogens with zero attached hydrogens (tertiary/aromatic N) is 1. The Labute approximate surface area is 160 Å². The summed E-state index contributed by atoms with van der Waals surface area (Å²) in [6.45, 7) is 2.11. The van der Waals surface area contributed by atoms with Gasteiger partial charge in [-0.05, 0) is 36.8 Å². The molecule has 5 nitrogen and oxygen atoms in total. The zero-order valence-corrected chi connectivity index (χ0v) is 16.0. The molecule has 7 heteroatoms. The Kier molecular flexibility index (Phi) is 5.71. The Bertz CT molecular complexity index is 972. The maximum atomic E-state index is 14.0. The summed E-state index contributed by atoms with van der Waals surface area (Å²) >= 11 is 1.29. The molecule has 0 saturated heterocycles. The summed E-state index contributed by atoms with van der Waals surface area (Å²) in [6, 6.07) is 11.8. The van der Waals surface area contributed by atoms with Gasteiger partial charge < -0.3 is 14.8 Å². The van der Waals surface area contributed by atoms with Crippen LogP contribution in [-0.4, -0.2) is 25.1 Å². The summed E-state index contributed by atoms with van der Waals surface area (Å²) < 4.78 is 24.4. The maximum absolute atomic E-state index is 14.0. The minimum absolute atomic E-state index is 0.304. The van der Waals surface area contributed by atoms with Crippen LogP contribution in [0.25, 0.3) is 10.6 Å². The normalized spacial score (nSPS) is 10.5. The predicted molar refractivity (Wildman–Crippen MR) is 103 cm³/mol. The van der Waals surface area contributed by atoms with Gasteiger partial charge in [-0.25, -0.2) is 9.37 Å². The number of halogens is 1. The van der Waals surface area contributed by atoms with E-state index in [2.05, 4.69) is 10.3 Å². The number of methoxy groups -OCH3 is 2. The summed E-state index contributed by atoms with van der Waals surface area (Å²) in [4.78, 5) is 17.6. The Balaban J connectivity index is 1.75. The number of hydrogen-bond donors (Lipinski definition) is 1. The van der Waals surface area contributed by atoms with Gasteiger partial charge in [0.05, 0.1) is 14.2 Å². The average molecular weight is 386 g/mol. The van der Waals surface area contributed by atoms with Crippen molar-refractivity contribution in [3.63, 3.8) is 0 Å². The van der Waals surface area contributed by atoms with Gasteiger partial charge in [-0.1, -0.05) is 18.2 Å². The molecule has 3 aromatic rings. The van der Waals surface area contributed by atoms with Crippen molar-refractivity contribution in [1.82, 2.24) is 10.3 Å². The lowest BCUT2D eigenvalue weighted by atomic mass is 10.2. The summed E-state index contributed by atoms with van der Waals surface area (Å²) in [5.41, 5.74) is 1.56. The van der Waals surface area contributed by atoms with Gasteiger partial charge in [0, 0.05) is 17.0 Å². The van der Waals surface area contributed by atoms with Gasteiger partial charge in [-0.2, -0.15) is 0 Å². The van der Waals surface area contributed by atoms with E-state index in [1.807, 2.05) is 6.07 Å². The summed E-state index contributed by atoms with van der Waals surface area (Å²) in [5.74, 6) is 0.554. The molecule has 0 saturated carbocycles. The van der Waals surface area contributed by atoms with Crippen LogP contribution in [0.5, 0.6) is 11.5 Å². The highest BCUT2D eigenvalue weighted by molar-refractivity contribution is 7.15. The molecule has 0 radical (unpaired) electrons. The van der Waals surface area contributed by atoms with E-state index in [1.54, 1.807) is 51.5 Å². The van der Waals surface area contributed by atoms with E-state index in [0.717, 1.165) is 10.4 Å².